The van der Waals surface area contributed by atoms with E-state index >= 15 is 0 Å². The summed E-state index contributed by atoms with van der Waals surface area (Å²) in [6.45, 7) is 1.45. The van der Waals surface area contributed by atoms with Crippen LogP contribution >= 0.6 is 22.6 Å². The molecule has 0 aliphatic heterocycles. The van der Waals surface area contributed by atoms with Crippen molar-refractivity contribution in [2.24, 2.45) is 5.41 Å². The van der Waals surface area contributed by atoms with Gasteiger partial charge in [-0.1, -0.05) is 42.4 Å². The Labute approximate surface area is 152 Å². The van der Waals surface area contributed by atoms with Gasteiger partial charge in [-0.3, -0.25) is 0 Å². The maximum atomic E-state index is 13.8. The van der Waals surface area contributed by atoms with Gasteiger partial charge in [0, 0.05) is 3.92 Å². The molecule has 0 spiro atoms. The summed E-state index contributed by atoms with van der Waals surface area (Å²) >= 11 is 0.900. The highest BCUT2D eigenvalue weighted by Crippen LogP contribution is 2.67. The van der Waals surface area contributed by atoms with Crippen LogP contribution < -0.4 is 0 Å². The van der Waals surface area contributed by atoms with Gasteiger partial charge >= 0.3 is 30.4 Å². The Morgan fingerprint density at radius 3 is 1.31 bits per heavy atom. The molecule has 0 aliphatic carbocycles. The van der Waals surface area contributed by atoms with Gasteiger partial charge in [0.1, 0.15) is 0 Å². The Kier molecular flexibility index (Phi) is 7.63. The Hall–Kier alpha value is -0.180. The lowest BCUT2D eigenvalue weighted by atomic mass is 9.72. The summed E-state index contributed by atoms with van der Waals surface area (Å²) < 4.78 is 167. The van der Waals surface area contributed by atoms with Crippen LogP contribution in [0.25, 0.3) is 0 Å². The van der Waals surface area contributed by atoms with Gasteiger partial charge in [-0.15, -0.1) is 0 Å². The van der Waals surface area contributed by atoms with Crippen LogP contribution in [0.2, 0.25) is 0 Å². The van der Waals surface area contributed by atoms with E-state index in [-0.39, 0.29) is 12.8 Å². The van der Waals surface area contributed by atoms with E-state index in [4.69, 9.17) is 0 Å². The first-order valence-corrected chi connectivity index (χ1v) is 8.05. The lowest BCUT2D eigenvalue weighted by molar-refractivity contribution is -0.461. The van der Waals surface area contributed by atoms with Crippen molar-refractivity contribution in [3.63, 3.8) is 0 Å². The van der Waals surface area contributed by atoms with Crippen molar-refractivity contribution in [1.29, 1.82) is 0 Å². The number of hydrogen-bond donors (Lipinski definition) is 0. The zero-order chi connectivity index (χ0) is 21.4. The van der Waals surface area contributed by atoms with E-state index in [1.54, 1.807) is 0 Å². The summed E-state index contributed by atoms with van der Waals surface area (Å²) in [5, 5.41) is 0. The first-order valence-electron chi connectivity index (χ1n) is 6.80. The average molecular weight is 530 g/mol. The first-order chi connectivity index (χ1) is 11.2. The molecule has 0 aliphatic rings. The second-order valence-corrected chi connectivity index (χ2v) is 7.25. The predicted octanol–water partition coefficient (Wildman–Crippen LogP) is 7.31. The van der Waals surface area contributed by atoms with Crippen molar-refractivity contribution < 1.29 is 57.1 Å². The molecule has 0 aromatic rings. The van der Waals surface area contributed by atoms with Gasteiger partial charge in [-0.05, 0) is 12.8 Å². The van der Waals surface area contributed by atoms with Gasteiger partial charge < -0.3 is 0 Å². The van der Waals surface area contributed by atoms with Crippen molar-refractivity contribution >= 4 is 22.6 Å². The van der Waals surface area contributed by atoms with Crippen LogP contribution in [-0.2, 0) is 0 Å². The van der Waals surface area contributed by atoms with Crippen molar-refractivity contribution in [1.82, 2.24) is 0 Å². The highest BCUT2D eigenvalue weighted by Gasteiger charge is 2.91. The Morgan fingerprint density at radius 2 is 1.04 bits per heavy atom. The smallest absolute Gasteiger partial charge is 0.198 e. The van der Waals surface area contributed by atoms with Crippen LogP contribution in [0.4, 0.5) is 57.1 Å². The van der Waals surface area contributed by atoms with Crippen molar-refractivity contribution in [2.45, 2.75) is 66.9 Å². The highest BCUT2D eigenvalue weighted by atomic mass is 127. The molecule has 0 saturated carbocycles. The molecule has 0 aromatic heterocycles. The van der Waals surface area contributed by atoms with Gasteiger partial charge in [0.25, 0.3) is 0 Å². The second-order valence-electron chi connectivity index (χ2n) is 5.49. The predicted molar refractivity (Wildman–Crippen MR) is 72.4 cm³/mol. The average Bonchev–Trinajstić information content (AvgIpc) is 2.37. The number of unbranched alkanes of at least 4 members (excludes halogenated alkanes) is 1. The third kappa shape index (κ3) is 4.28. The molecular weight excluding hydrogens is 518 g/mol. The minimum absolute atomic E-state index is 0.0410. The van der Waals surface area contributed by atoms with Gasteiger partial charge in [-0.2, -0.15) is 57.1 Å². The SMILES string of the molecule is CCCCC(I)CC(C(F)(F)F)(C(F)(F)F)C(F)(F)C(F)(F)C(F)(F)F. The maximum absolute atomic E-state index is 13.8. The Morgan fingerprint density at radius 1 is 0.654 bits per heavy atom. The minimum Gasteiger partial charge on any atom is -0.198 e. The molecule has 0 rings (SSSR count). The third-order valence-corrected chi connectivity index (χ3v) is 4.72. The molecule has 1 unspecified atom stereocenters. The molecule has 0 N–H and O–H groups in total. The Balaban J connectivity index is 6.66. The molecule has 1 atom stereocenters. The molecular formula is C12H12F13I. The standard InChI is InChI=1S/C12H12F13I/c1-2-3-4-6(26)5-7(10(17,18)19,11(20,21)22)8(13,14)9(15,16)12(23,24)25/h6H,2-5H2,1H3. The fourth-order valence-corrected chi connectivity index (χ4v) is 3.28. The van der Waals surface area contributed by atoms with Gasteiger partial charge in [0.2, 0.25) is 5.41 Å². The Bertz CT molecular complexity index is 445. The van der Waals surface area contributed by atoms with Crippen LogP contribution in [0, 0.1) is 5.41 Å². The van der Waals surface area contributed by atoms with E-state index in [0.717, 1.165) is 22.6 Å². The topological polar surface area (TPSA) is 0 Å². The number of rotatable bonds is 7. The normalized spacial score (nSPS) is 16.7. The molecule has 0 fully saturated rings. The number of hydrogen-bond acceptors (Lipinski definition) is 0. The van der Waals surface area contributed by atoms with Gasteiger partial charge in [0.05, 0.1) is 0 Å². The zero-order valence-corrected chi connectivity index (χ0v) is 14.9. The van der Waals surface area contributed by atoms with E-state index in [0.29, 0.717) is 0 Å². The lowest BCUT2D eigenvalue weighted by Gasteiger charge is -2.46. The third-order valence-electron chi connectivity index (χ3n) is 3.65. The number of halogens is 14. The molecule has 0 bridgehead atoms. The zero-order valence-electron chi connectivity index (χ0n) is 12.7. The first kappa shape index (κ1) is 25.8. The summed E-state index contributed by atoms with van der Waals surface area (Å²) in [5.41, 5.74) is -6.58. The summed E-state index contributed by atoms with van der Waals surface area (Å²) in [5.74, 6) is -15.1. The van der Waals surface area contributed by atoms with Crippen LogP contribution in [-0.4, -0.2) is 34.3 Å². The molecule has 14 heteroatoms. The van der Waals surface area contributed by atoms with Crippen molar-refractivity contribution in [3.8, 4) is 0 Å². The quantitative estimate of drug-likeness (QED) is 0.184. The summed E-state index contributed by atoms with van der Waals surface area (Å²) in [6.07, 6.45) is -24.6. The van der Waals surface area contributed by atoms with Crippen LogP contribution in [0.5, 0.6) is 0 Å². The molecule has 0 heterocycles. The maximum Gasteiger partial charge on any atom is 0.459 e. The van der Waals surface area contributed by atoms with Gasteiger partial charge in [0.15, 0.2) is 0 Å². The highest BCUT2D eigenvalue weighted by molar-refractivity contribution is 14.1. The largest absolute Gasteiger partial charge is 0.459 e. The minimum atomic E-state index is -7.56. The lowest BCUT2D eigenvalue weighted by Crippen LogP contribution is -2.70. The molecule has 0 amide bonds. The van der Waals surface area contributed by atoms with Crippen LogP contribution in [0.1, 0.15) is 32.6 Å². The monoisotopic (exact) mass is 530 g/mol. The molecule has 26 heavy (non-hydrogen) atoms. The van der Waals surface area contributed by atoms with E-state index in [2.05, 4.69) is 0 Å². The van der Waals surface area contributed by atoms with Gasteiger partial charge in [-0.25, -0.2) is 0 Å². The number of alkyl halides is 14. The van der Waals surface area contributed by atoms with E-state index in [1.807, 2.05) is 0 Å². The summed E-state index contributed by atoms with van der Waals surface area (Å²) in [4.78, 5) is 0. The molecule has 0 aromatic carbocycles. The molecule has 0 saturated heterocycles. The molecule has 0 nitrogen and oxygen atoms in total. The second kappa shape index (κ2) is 7.68. The van der Waals surface area contributed by atoms with E-state index < -0.39 is 52.6 Å². The van der Waals surface area contributed by atoms with Crippen molar-refractivity contribution in [2.75, 3.05) is 0 Å². The summed E-state index contributed by atoms with van der Waals surface area (Å²) in [6, 6.07) is 0. The fourth-order valence-electron chi connectivity index (χ4n) is 2.18. The van der Waals surface area contributed by atoms with E-state index in [1.165, 1.54) is 6.92 Å². The van der Waals surface area contributed by atoms with E-state index in [9.17, 15) is 57.1 Å². The van der Waals surface area contributed by atoms with Crippen molar-refractivity contribution in [3.05, 3.63) is 0 Å². The summed E-state index contributed by atoms with van der Waals surface area (Å²) in [7, 11) is 0. The van der Waals surface area contributed by atoms with Crippen LogP contribution in [0.3, 0.4) is 0 Å². The fraction of sp³-hybridized carbons (Fsp3) is 1.00. The molecule has 158 valence electrons. The van der Waals surface area contributed by atoms with Crippen LogP contribution in [0.15, 0.2) is 0 Å². The molecule has 0 radical (unpaired) electrons.